The Balaban J connectivity index is 1.12. The van der Waals surface area contributed by atoms with Crippen LogP contribution in [0.3, 0.4) is 0 Å². The number of rotatable bonds is 7. The Morgan fingerprint density at radius 1 is 0.286 bits per heavy atom. The first kappa shape index (κ1) is 36.5. The molecule has 11 aromatic rings. The molecule has 0 unspecified atom stereocenters. The molecule has 4 nitrogen and oxygen atoms in total. The first-order chi connectivity index (χ1) is 31.2. The third-order valence-corrected chi connectivity index (χ3v) is 12.6. The maximum absolute atomic E-state index is 5.57. The van der Waals surface area contributed by atoms with Crippen LogP contribution in [-0.2, 0) is 5.41 Å². The number of nitrogens with zero attached hydrogens (tertiary/aromatic N) is 4. The van der Waals surface area contributed by atoms with Crippen molar-refractivity contribution < 1.29 is 0 Å². The number of pyridine rings is 1. The molecule has 2 heterocycles. The van der Waals surface area contributed by atoms with Crippen LogP contribution in [0.4, 0.5) is 0 Å². The van der Waals surface area contributed by atoms with Gasteiger partial charge in [-0.25, -0.2) is 19.9 Å². The topological polar surface area (TPSA) is 51.6 Å². The summed E-state index contributed by atoms with van der Waals surface area (Å²) in [4.78, 5) is 20.7. The van der Waals surface area contributed by atoms with E-state index in [1.165, 1.54) is 44.2 Å². The molecule has 0 fully saturated rings. The number of hydrogen-bond acceptors (Lipinski definition) is 4. The summed E-state index contributed by atoms with van der Waals surface area (Å²) in [6, 6.07) is 81.9. The highest BCUT2D eigenvalue weighted by Crippen LogP contribution is 2.57. The van der Waals surface area contributed by atoms with Gasteiger partial charge in [-0.3, -0.25) is 0 Å². The Bertz CT molecular complexity index is 3400. The van der Waals surface area contributed by atoms with E-state index in [0.717, 1.165) is 50.0 Å². The fourth-order valence-electron chi connectivity index (χ4n) is 9.66. The maximum Gasteiger partial charge on any atom is 0.164 e. The molecule has 294 valence electrons. The summed E-state index contributed by atoms with van der Waals surface area (Å²) in [5.74, 6) is 1.88. The minimum Gasteiger partial charge on any atom is -0.248 e. The monoisotopic (exact) mass is 802 g/mol. The molecule has 1 aliphatic rings. The van der Waals surface area contributed by atoms with Gasteiger partial charge in [0.05, 0.1) is 16.6 Å². The fraction of sp³-hybridized carbons (Fsp3) is 0.0169. The highest BCUT2D eigenvalue weighted by Gasteiger charge is 2.46. The van der Waals surface area contributed by atoms with Crippen LogP contribution in [0.1, 0.15) is 22.3 Å². The molecule has 9 aromatic carbocycles. The van der Waals surface area contributed by atoms with Crippen molar-refractivity contribution in [3.8, 4) is 67.7 Å². The highest BCUT2D eigenvalue weighted by molar-refractivity contribution is 6.03. The second-order valence-corrected chi connectivity index (χ2v) is 16.2. The number of fused-ring (bicyclic) bond motifs is 5. The second kappa shape index (κ2) is 15.0. The van der Waals surface area contributed by atoms with Gasteiger partial charge >= 0.3 is 0 Å². The lowest BCUT2D eigenvalue weighted by molar-refractivity contribution is 0.769. The van der Waals surface area contributed by atoms with E-state index in [0.29, 0.717) is 17.5 Å². The molecule has 12 rings (SSSR count). The second-order valence-electron chi connectivity index (χ2n) is 16.2. The van der Waals surface area contributed by atoms with Gasteiger partial charge in [-0.1, -0.05) is 200 Å². The fourth-order valence-corrected chi connectivity index (χ4v) is 9.66. The number of benzene rings is 9. The summed E-state index contributed by atoms with van der Waals surface area (Å²) in [6.45, 7) is 0. The largest absolute Gasteiger partial charge is 0.248 e. The zero-order chi connectivity index (χ0) is 41.7. The van der Waals surface area contributed by atoms with E-state index in [1.54, 1.807) is 0 Å². The maximum atomic E-state index is 5.57. The molecule has 0 spiro atoms. The van der Waals surface area contributed by atoms with Crippen molar-refractivity contribution in [2.45, 2.75) is 5.41 Å². The molecule has 0 atom stereocenters. The van der Waals surface area contributed by atoms with Crippen LogP contribution in [-0.4, -0.2) is 19.9 Å². The number of aromatic nitrogens is 4. The summed E-state index contributed by atoms with van der Waals surface area (Å²) < 4.78 is 0. The van der Waals surface area contributed by atoms with Gasteiger partial charge < -0.3 is 0 Å². The molecule has 0 radical (unpaired) electrons. The Morgan fingerprint density at radius 3 is 1.49 bits per heavy atom. The molecule has 4 heteroatoms. The summed E-state index contributed by atoms with van der Waals surface area (Å²) >= 11 is 0. The predicted molar refractivity (Wildman–Crippen MR) is 257 cm³/mol. The highest BCUT2D eigenvalue weighted by atomic mass is 15.0. The lowest BCUT2D eigenvalue weighted by atomic mass is 9.67. The minimum absolute atomic E-state index is 0.547. The van der Waals surface area contributed by atoms with E-state index in [4.69, 9.17) is 19.9 Å². The minimum atomic E-state index is -0.547. The molecule has 0 saturated carbocycles. The Kier molecular flexibility index (Phi) is 8.68. The first-order valence-corrected chi connectivity index (χ1v) is 21.4. The molecule has 0 bridgehead atoms. The van der Waals surface area contributed by atoms with Gasteiger partial charge in [0.1, 0.15) is 0 Å². The van der Waals surface area contributed by atoms with E-state index >= 15 is 0 Å². The van der Waals surface area contributed by atoms with Crippen molar-refractivity contribution >= 4 is 21.7 Å². The smallest absolute Gasteiger partial charge is 0.164 e. The standard InChI is InChI=1S/C59H38N4/c1-5-19-40(20-6-1)56-61-57(41-21-7-2-8-22-41)63-58(62-56)45-25-17-24-43(35-45)49-37-54(44-33-32-39-18-13-14-23-42(39)34-44)60-55-38-53-50(36-51(49)55)48-30-15-16-31-52(48)59(53,46-26-9-3-10-27-46)47-28-11-4-12-29-47/h1-38H. The summed E-state index contributed by atoms with van der Waals surface area (Å²) in [6.07, 6.45) is 0. The molecule has 0 aliphatic heterocycles. The van der Waals surface area contributed by atoms with Gasteiger partial charge in [0.15, 0.2) is 17.5 Å². The van der Waals surface area contributed by atoms with Gasteiger partial charge in [-0.15, -0.1) is 0 Å². The van der Waals surface area contributed by atoms with Crippen molar-refractivity contribution in [3.63, 3.8) is 0 Å². The molecule has 0 saturated heterocycles. The van der Waals surface area contributed by atoms with E-state index in [9.17, 15) is 0 Å². The van der Waals surface area contributed by atoms with Gasteiger partial charge in [-0.05, 0) is 85.6 Å². The SMILES string of the molecule is c1ccc(-c2nc(-c3ccccc3)nc(-c3cccc(-c4cc(-c5ccc6ccccc6c5)nc5cc6c(cc45)-c4ccccc4C6(c4ccccc4)c4ccccc4)c3)n2)cc1. The van der Waals surface area contributed by atoms with E-state index in [2.05, 4.69) is 170 Å². The van der Waals surface area contributed by atoms with E-state index < -0.39 is 5.41 Å². The summed E-state index contributed by atoms with van der Waals surface area (Å²) in [5.41, 5.74) is 14.6. The molecule has 0 N–H and O–H groups in total. The normalized spacial score (nSPS) is 12.6. The number of hydrogen-bond donors (Lipinski definition) is 0. The van der Waals surface area contributed by atoms with Crippen LogP contribution in [0, 0.1) is 0 Å². The molecule has 1 aliphatic carbocycles. The van der Waals surface area contributed by atoms with Crippen LogP contribution >= 0.6 is 0 Å². The van der Waals surface area contributed by atoms with Crippen LogP contribution in [0.25, 0.3) is 89.4 Å². The summed E-state index contributed by atoms with van der Waals surface area (Å²) in [7, 11) is 0. The molecule has 63 heavy (non-hydrogen) atoms. The van der Waals surface area contributed by atoms with Crippen LogP contribution in [0.15, 0.2) is 231 Å². The lowest BCUT2D eigenvalue weighted by Gasteiger charge is -2.34. The lowest BCUT2D eigenvalue weighted by Crippen LogP contribution is -2.28. The van der Waals surface area contributed by atoms with Crippen LogP contribution < -0.4 is 0 Å². The molecule has 0 amide bonds. The zero-order valence-electron chi connectivity index (χ0n) is 34.2. The zero-order valence-corrected chi connectivity index (χ0v) is 34.2. The van der Waals surface area contributed by atoms with Crippen molar-refractivity contribution in [1.82, 2.24) is 19.9 Å². The quantitative estimate of drug-likeness (QED) is 0.161. The van der Waals surface area contributed by atoms with Gasteiger partial charge in [0.25, 0.3) is 0 Å². The third-order valence-electron chi connectivity index (χ3n) is 12.6. The van der Waals surface area contributed by atoms with Crippen molar-refractivity contribution in [3.05, 3.63) is 253 Å². The Labute approximate surface area is 365 Å². The van der Waals surface area contributed by atoms with Crippen LogP contribution in [0.2, 0.25) is 0 Å². The van der Waals surface area contributed by atoms with Crippen molar-refractivity contribution in [1.29, 1.82) is 0 Å². The van der Waals surface area contributed by atoms with Crippen molar-refractivity contribution in [2.24, 2.45) is 0 Å². The molecular formula is C59H38N4. The van der Waals surface area contributed by atoms with Crippen LogP contribution in [0.5, 0.6) is 0 Å². The Hall–Kier alpha value is -8.34. The Morgan fingerprint density at radius 2 is 0.825 bits per heavy atom. The van der Waals surface area contributed by atoms with E-state index in [1.807, 2.05) is 60.7 Å². The van der Waals surface area contributed by atoms with Gasteiger partial charge in [0, 0.05) is 27.6 Å². The summed E-state index contributed by atoms with van der Waals surface area (Å²) in [5, 5.41) is 3.45. The average Bonchev–Trinajstić information content (AvgIpc) is 3.66. The average molecular weight is 803 g/mol. The molecule has 2 aromatic heterocycles. The first-order valence-electron chi connectivity index (χ1n) is 21.4. The van der Waals surface area contributed by atoms with E-state index in [-0.39, 0.29) is 0 Å². The van der Waals surface area contributed by atoms with Crippen molar-refractivity contribution in [2.75, 3.05) is 0 Å². The third kappa shape index (κ3) is 6.14. The van der Waals surface area contributed by atoms with Gasteiger partial charge in [-0.2, -0.15) is 0 Å². The predicted octanol–water partition coefficient (Wildman–Crippen LogP) is 14.3. The molecular weight excluding hydrogens is 765 g/mol. The van der Waals surface area contributed by atoms with Gasteiger partial charge in [0.2, 0.25) is 0 Å².